The van der Waals surface area contributed by atoms with Gasteiger partial charge in [0, 0.05) is 6.42 Å². The van der Waals surface area contributed by atoms with Crippen molar-refractivity contribution in [1.82, 2.24) is 5.32 Å². The second-order valence-corrected chi connectivity index (χ2v) is 16.4. The van der Waals surface area contributed by atoms with Crippen molar-refractivity contribution in [1.29, 1.82) is 0 Å². The number of carbonyl (C=O) groups excluding carboxylic acids is 1. The monoisotopic (exact) mass is 715 g/mol. The molecule has 9 nitrogen and oxygen atoms in total. The first-order valence-electron chi connectivity index (χ1n) is 19.8. The number of hydrogen-bond acceptors (Lipinski definition) is 7. The fourth-order valence-corrected chi connectivity index (χ4v) is 6.47. The molecule has 2 N–H and O–H groups in total. The molecule has 1 rings (SSSR count). The molecular formula is C39H75N2O7P. The van der Waals surface area contributed by atoms with Crippen LogP contribution in [-0.2, 0) is 23.1 Å². The van der Waals surface area contributed by atoms with Crippen molar-refractivity contribution in [3.63, 3.8) is 0 Å². The van der Waals surface area contributed by atoms with E-state index in [4.69, 9.17) is 13.8 Å². The standard InChI is InChI=1S/C39H75N2O7P/c1-6-8-10-11-12-13-14-15-18-21-25-28-36(42)35(34-47-49(44,45)46-33-32-41(3,4)5)40-39(43)31-27-23-20-17-16-19-22-26-30-38-37(48-38)29-24-9-7-2/h22,25-26,28,35-38,42H,6-21,23-24,27,29-34H2,1-5H3,(H-,40,43,44,45)/b26-22-,28-25+/t35-,36+,37?,38?/m0/s1. The number of rotatable bonds is 34. The van der Waals surface area contributed by atoms with Crippen LogP contribution >= 0.6 is 7.82 Å². The summed E-state index contributed by atoms with van der Waals surface area (Å²) in [5.41, 5.74) is 0. The van der Waals surface area contributed by atoms with E-state index in [0.29, 0.717) is 29.7 Å². The average molecular weight is 715 g/mol. The fourth-order valence-electron chi connectivity index (χ4n) is 5.74. The summed E-state index contributed by atoms with van der Waals surface area (Å²) in [6.45, 7) is 4.56. The predicted molar refractivity (Wildman–Crippen MR) is 200 cm³/mol. The maximum absolute atomic E-state index is 12.8. The number of likely N-dealkylation sites (N-methyl/N-ethyl adjacent to an activating group) is 1. The molecule has 0 spiro atoms. The maximum atomic E-state index is 12.8. The highest BCUT2D eigenvalue weighted by molar-refractivity contribution is 7.45. The topological polar surface area (TPSA) is 120 Å². The van der Waals surface area contributed by atoms with E-state index >= 15 is 0 Å². The van der Waals surface area contributed by atoms with Gasteiger partial charge in [-0.3, -0.25) is 9.36 Å². The molecule has 10 heteroatoms. The van der Waals surface area contributed by atoms with Crippen molar-refractivity contribution < 1.29 is 37.6 Å². The van der Waals surface area contributed by atoms with Crippen LogP contribution in [0.15, 0.2) is 24.3 Å². The third-order valence-electron chi connectivity index (χ3n) is 9.08. The maximum Gasteiger partial charge on any atom is 0.268 e. The molecular weight excluding hydrogens is 639 g/mol. The lowest BCUT2D eigenvalue weighted by atomic mass is 10.1. The lowest BCUT2D eigenvalue weighted by molar-refractivity contribution is -0.870. The van der Waals surface area contributed by atoms with Gasteiger partial charge < -0.3 is 33.6 Å². The molecule has 1 fully saturated rings. The number of aliphatic hydroxyl groups excluding tert-OH is 1. The number of hydrogen-bond donors (Lipinski definition) is 2. The summed E-state index contributed by atoms with van der Waals surface area (Å²) in [4.78, 5) is 25.2. The Morgan fingerprint density at radius 2 is 1.39 bits per heavy atom. The molecule has 1 saturated heterocycles. The number of quaternary nitrogens is 1. The highest BCUT2D eigenvalue weighted by Crippen LogP contribution is 2.38. The second kappa shape index (κ2) is 28.5. The zero-order valence-corrected chi connectivity index (χ0v) is 33.0. The van der Waals surface area contributed by atoms with E-state index in [9.17, 15) is 19.4 Å². The van der Waals surface area contributed by atoms with Crippen molar-refractivity contribution in [3.05, 3.63) is 24.3 Å². The lowest BCUT2D eigenvalue weighted by Crippen LogP contribution is -2.45. The Morgan fingerprint density at radius 3 is 2.02 bits per heavy atom. The van der Waals surface area contributed by atoms with E-state index < -0.39 is 20.0 Å². The van der Waals surface area contributed by atoms with Crippen LogP contribution in [0.1, 0.15) is 155 Å². The minimum absolute atomic E-state index is 0.00612. The summed E-state index contributed by atoms with van der Waals surface area (Å²) in [6.07, 6.45) is 32.4. The number of amides is 1. The van der Waals surface area contributed by atoms with Gasteiger partial charge in [-0.25, -0.2) is 0 Å². The summed E-state index contributed by atoms with van der Waals surface area (Å²) in [5, 5.41) is 13.7. The zero-order chi connectivity index (χ0) is 36.2. The van der Waals surface area contributed by atoms with Crippen LogP contribution in [0.4, 0.5) is 0 Å². The highest BCUT2D eigenvalue weighted by Gasteiger charge is 2.36. The Morgan fingerprint density at radius 1 is 0.816 bits per heavy atom. The van der Waals surface area contributed by atoms with Crippen molar-refractivity contribution in [2.24, 2.45) is 0 Å². The average Bonchev–Trinajstić information content (AvgIpc) is 3.79. The number of carbonyl (C=O) groups is 1. The van der Waals surface area contributed by atoms with Crippen molar-refractivity contribution >= 4 is 13.7 Å². The van der Waals surface area contributed by atoms with Gasteiger partial charge in [-0.05, 0) is 44.9 Å². The number of phosphoric ester groups is 1. The Kier molecular flexibility index (Phi) is 26.7. The number of aliphatic hydroxyl groups is 1. The molecule has 3 unspecified atom stereocenters. The molecule has 0 bridgehead atoms. The largest absolute Gasteiger partial charge is 0.756 e. The minimum Gasteiger partial charge on any atom is -0.756 e. The van der Waals surface area contributed by atoms with Crippen molar-refractivity contribution in [3.8, 4) is 0 Å². The molecule has 0 aromatic heterocycles. The van der Waals surface area contributed by atoms with E-state index in [0.717, 1.165) is 64.2 Å². The van der Waals surface area contributed by atoms with Gasteiger partial charge in [-0.1, -0.05) is 128 Å². The molecule has 1 amide bonds. The molecule has 5 atom stereocenters. The van der Waals surface area contributed by atoms with Crippen LogP contribution in [0, 0.1) is 0 Å². The van der Waals surface area contributed by atoms with Gasteiger partial charge >= 0.3 is 0 Å². The van der Waals surface area contributed by atoms with E-state index in [1.165, 1.54) is 70.6 Å². The van der Waals surface area contributed by atoms with Crippen molar-refractivity contribution in [2.75, 3.05) is 40.9 Å². The number of epoxide rings is 1. The summed E-state index contributed by atoms with van der Waals surface area (Å²) in [5.74, 6) is -0.218. The Balaban J connectivity index is 2.36. The van der Waals surface area contributed by atoms with E-state index in [-0.39, 0.29) is 19.1 Å². The Bertz CT molecular complexity index is 924. The first-order chi connectivity index (χ1) is 23.5. The van der Waals surface area contributed by atoms with Gasteiger partial charge in [0.25, 0.3) is 7.82 Å². The molecule has 1 heterocycles. The number of allylic oxidation sites excluding steroid dienone is 2. The molecule has 0 aromatic rings. The normalized spacial score (nSPS) is 19.0. The second-order valence-electron chi connectivity index (χ2n) is 15.0. The predicted octanol–water partition coefficient (Wildman–Crippen LogP) is 8.54. The molecule has 288 valence electrons. The van der Waals surface area contributed by atoms with Gasteiger partial charge in [-0.2, -0.15) is 0 Å². The lowest BCUT2D eigenvalue weighted by Gasteiger charge is -2.29. The molecule has 1 aliphatic rings. The number of ether oxygens (including phenoxy) is 1. The van der Waals surface area contributed by atoms with Crippen LogP contribution in [0.25, 0.3) is 0 Å². The van der Waals surface area contributed by atoms with Gasteiger partial charge in [0.2, 0.25) is 5.91 Å². The zero-order valence-electron chi connectivity index (χ0n) is 32.1. The summed E-state index contributed by atoms with van der Waals surface area (Å²) in [6, 6.07) is -0.893. The van der Waals surface area contributed by atoms with E-state index in [2.05, 4.69) is 31.3 Å². The summed E-state index contributed by atoms with van der Waals surface area (Å²) >= 11 is 0. The number of unbranched alkanes of at least 4 members (excludes halogenated alkanes) is 16. The van der Waals surface area contributed by atoms with Crippen molar-refractivity contribution in [2.45, 2.75) is 179 Å². The molecule has 1 aliphatic heterocycles. The van der Waals surface area contributed by atoms with Gasteiger partial charge in [-0.15, -0.1) is 0 Å². The first kappa shape index (κ1) is 46.0. The SMILES string of the molecule is CCCCCCCCCCC/C=C/[C@@H](O)[C@H](COP(=O)([O-])OCC[N+](C)(C)C)NC(=O)CCCCCCC/C=C\CC1OC1CCCCC. The minimum atomic E-state index is -4.58. The molecule has 49 heavy (non-hydrogen) atoms. The van der Waals surface area contributed by atoms with E-state index in [1.807, 2.05) is 27.2 Å². The van der Waals surface area contributed by atoms with E-state index in [1.54, 1.807) is 6.08 Å². The molecule has 0 aromatic carbocycles. The van der Waals surface area contributed by atoms with Gasteiger partial charge in [0.1, 0.15) is 13.2 Å². The third kappa shape index (κ3) is 28.2. The number of nitrogens with zero attached hydrogens (tertiary/aromatic N) is 1. The number of nitrogens with one attached hydrogen (secondary N) is 1. The fraction of sp³-hybridized carbons (Fsp3) is 0.872. The highest BCUT2D eigenvalue weighted by atomic mass is 31.2. The summed E-state index contributed by atoms with van der Waals surface area (Å²) in [7, 11) is 1.24. The van der Waals surface area contributed by atoms with Crippen LogP contribution < -0.4 is 10.2 Å². The smallest absolute Gasteiger partial charge is 0.268 e. The van der Waals surface area contributed by atoms with Crippen LogP contribution in [0.2, 0.25) is 0 Å². The number of phosphoric acid groups is 1. The Labute approximate surface area is 300 Å². The van der Waals surface area contributed by atoms with Crippen LogP contribution in [-0.4, -0.2) is 80.8 Å². The molecule has 0 radical (unpaired) electrons. The molecule has 0 aliphatic carbocycles. The first-order valence-corrected chi connectivity index (χ1v) is 21.3. The van der Waals surface area contributed by atoms with Crippen LogP contribution in [0.5, 0.6) is 0 Å². The third-order valence-corrected chi connectivity index (χ3v) is 10.0. The van der Waals surface area contributed by atoms with Gasteiger partial charge in [0.05, 0.1) is 52.1 Å². The molecule has 0 saturated carbocycles. The Hall–Kier alpha value is -1.06. The van der Waals surface area contributed by atoms with Crippen LogP contribution in [0.3, 0.4) is 0 Å². The van der Waals surface area contributed by atoms with Gasteiger partial charge in [0.15, 0.2) is 0 Å². The quantitative estimate of drug-likeness (QED) is 0.0225. The summed E-state index contributed by atoms with van der Waals surface area (Å²) < 4.78 is 28.8.